The Balaban J connectivity index is 1.42. The van der Waals surface area contributed by atoms with E-state index in [1.165, 1.54) is 0 Å². The summed E-state index contributed by atoms with van der Waals surface area (Å²) in [6.45, 7) is 2.20. The second-order valence-corrected chi connectivity index (χ2v) is 7.01. The molecule has 0 radical (unpaired) electrons. The normalized spacial score (nSPS) is 13.4. The molecule has 0 spiro atoms. The van der Waals surface area contributed by atoms with E-state index in [0.717, 1.165) is 10.0 Å². The standard InChI is InChI=1S/C20H20BrNO6/c1-13(14-5-6-17-18(9-14)26-8-7-25-17)22-19(23)11-28-20(24)12-27-16-4-2-3-15(21)10-16/h2-6,9-10,13H,7-8,11-12H2,1H3,(H,22,23). The van der Waals surface area contributed by atoms with Gasteiger partial charge in [0.05, 0.1) is 6.04 Å². The molecule has 3 rings (SSSR count). The summed E-state index contributed by atoms with van der Waals surface area (Å²) in [4.78, 5) is 23.8. The largest absolute Gasteiger partial charge is 0.486 e. The first-order valence-corrected chi connectivity index (χ1v) is 9.53. The van der Waals surface area contributed by atoms with Crippen LogP contribution in [0.4, 0.5) is 0 Å². The Hall–Kier alpha value is -2.74. The highest BCUT2D eigenvalue weighted by Gasteiger charge is 2.16. The van der Waals surface area contributed by atoms with Crippen molar-refractivity contribution < 1.29 is 28.5 Å². The molecule has 0 bridgehead atoms. The van der Waals surface area contributed by atoms with Crippen LogP contribution >= 0.6 is 15.9 Å². The van der Waals surface area contributed by atoms with E-state index in [1.54, 1.807) is 18.2 Å². The van der Waals surface area contributed by atoms with E-state index < -0.39 is 11.9 Å². The molecule has 1 aliphatic rings. The molecule has 0 saturated carbocycles. The molecular formula is C20H20BrNO6. The second-order valence-electron chi connectivity index (χ2n) is 6.10. The Kier molecular flexibility index (Phi) is 6.76. The van der Waals surface area contributed by atoms with E-state index in [0.29, 0.717) is 30.5 Å². The molecule has 7 nitrogen and oxygen atoms in total. The molecule has 0 aromatic heterocycles. The number of esters is 1. The predicted octanol–water partition coefficient (Wildman–Crippen LogP) is 3.02. The topological polar surface area (TPSA) is 83.1 Å². The van der Waals surface area contributed by atoms with Gasteiger partial charge in [-0.15, -0.1) is 0 Å². The van der Waals surface area contributed by atoms with Crippen LogP contribution in [0.5, 0.6) is 17.2 Å². The van der Waals surface area contributed by atoms with E-state index in [9.17, 15) is 9.59 Å². The summed E-state index contributed by atoms with van der Waals surface area (Å²) in [5.74, 6) is 0.845. The highest BCUT2D eigenvalue weighted by atomic mass is 79.9. The number of hydrogen-bond donors (Lipinski definition) is 1. The van der Waals surface area contributed by atoms with Gasteiger partial charge in [-0.05, 0) is 42.8 Å². The van der Waals surface area contributed by atoms with Crippen LogP contribution in [0, 0.1) is 0 Å². The van der Waals surface area contributed by atoms with Gasteiger partial charge in [-0.3, -0.25) is 4.79 Å². The molecule has 148 valence electrons. The molecule has 1 heterocycles. The monoisotopic (exact) mass is 449 g/mol. The third kappa shape index (κ3) is 5.63. The van der Waals surface area contributed by atoms with Crippen molar-refractivity contribution in [2.75, 3.05) is 26.4 Å². The van der Waals surface area contributed by atoms with Gasteiger partial charge in [-0.1, -0.05) is 28.1 Å². The molecule has 0 aliphatic carbocycles. The average Bonchev–Trinajstić information content (AvgIpc) is 2.70. The van der Waals surface area contributed by atoms with Crippen molar-refractivity contribution in [1.82, 2.24) is 5.32 Å². The fourth-order valence-corrected chi connectivity index (χ4v) is 2.96. The van der Waals surface area contributed by atoms with Gasteiger partial charge in [0.15, 0.2) is 24.7 Å². The number of carbonyl (C=O) groups excluding carboxylic acids is 2. The summed E-state index contributed by atoms with van der Waals surface area (Å²) in [7, 11) is 0. The van der Waals surface area contributed by atoms with Crippen molar-refractivity contribution >= 4 is 27.8 Å². The van der Waals surface area contributed by atoms with Crippen LogP contribution in [-0.2, 0) is 14.3 Å². The quantitative estimate of drug-likeness (QED) is 0.654. The molecule has 0 saturated heterocycles. The molecule has 1 atom stereocenters. The first-order chi connectivity index (χ1) is 13.5. The van der Waals surface area contributed by atoms with E-state index in [2.05, 4.69) is 21.2 Å². The number of benzene rings is 2. The Labute approximate surface area is 171 Å². The lowest BCUT2D eigenvalue weighted by atomic mass is 10.1. The minimum atomic E-state index is -0.623. The number of halogens is 1. The maximum absolute atomic E-state index is 12.0. The Morgan fingerprint density at radius 1 is 1.11 bits per heavy atom. The van der Waals surface area contributed by atoms with Gasteiger partial charge in [-0.2, -0.15) is 0 Å². The van der Waals surface area contributed by atoms with Crippen LogP contribution in [0.3, 0.4) is 0 Å². The van der Waals surface area contributed by atoms with E-state index >= 15 is 0 Å². The zero-order chi connectivity index (χ0) is 19.9. The van der Waals surface area contributed by atoms with Crippen LogP contribution in [-0.4, -0.2) is 38.3 Å². The van der Waals surface area contributed by atoms with Crippen molar-refractivity contribution in [3.8, 4) is 17.2 Å². The highest BCUT2D eigenvalue weighted by molar-refractivity contribution is 9.10. The predicted molar refractivity (Wildman–Crippen MR) is 105 cm³/mol. The molecule has 1 unspecified atom stereocenters. The van der Waals surface area contributed by atoms with Gasteiger partial charge in [0.2, 0.25) is 0 Å². The minimum absolute atomic E-state index is 0.276. The summed E-state index contributed by atoms with van der Waals surface area (Å²) in [6, 6.07) is 12.3. The Morgan fingerprint density at radius 3 is 2.68 bits per heavy atom. The third-order valence-corrected chi connectivity index (χ3v) is 4.45. The maximum atomic E-state index is 12.0. The Morgan fingerprint density at radius 2 is 1.89 bits per heavy atom. The van der Waals surface area contributed by atoms with E-state index in [4.69, 9.17) is 18.9 Å². The zero-order valence-electron chi connectivity index (χ0n) is 15.3. The number of ether oxygens (including phenoxy) is 4. The SMILES string of the molecule is CC(NC(=O)COC(=O)COc1cccc(Br)c1)c1ccc2c(c1)OCCO2. The second kappa shape index (κ2) is 9.45. The van der Waals surface area contributed by atoms with Crippen molar-refractivity contribution in [3.63, 3.8) is 0 Å². The third-order valence-electron chi connectivity index (χ3n) is 3.96. The lowest BCUT2D eigenvalue weighted by Crippen LogP contribution is -2.32. The fraction of sp³-hybridized carbons (Fsp3) is 0.300. The van der Waals surface area contributed by atoms with Crippen LogP contribution in [0.15, 0.2) is 46.9 Å². The molecule has 1 N–H and O–H groups in total. The van der Waals surface area contributed by atoms with Gasteiger partial charge in [0.1, 0.15) is 19.0 Å². The lowest BCUT2D eigenvalue weighted by Gasteiger charge is -2.21. The molecular weight excluding hydrogens is 430 g/mol. The summed E-state index contributed by atoms with van der Waals surface area (Å²) in [5.41, 5.74) is 0.863. The van der Waals surface area contributed by atoms with Gasteiger partial charge < -0.3 is 24.3 Å². The van der Waals surface area contributed by atoms with E-state index in [-0.39, 0.29) is 19.3 Å². The van der Waals surface area contributed by atoms with Crippen LogP contribution in [0.1, 0.15) is 18.5 Å². The highest BCUT2D eigenvalue weighted by Crippen LogP contribution is 2.32. The molecule has 28 heavy (non-hydrogen) atoms. The van der Waals surface area contributed by atoms with Crippen LogP contribution < -0.4 is 19.5 Å². The molecule has 8 heteroatoms. The number of fused-ring (bicyclic) bond motifs is 1. The zero-order valence-corrected chi connectivity index (χ0v) is 16.9. The van der Waals surface area contributed by atoms with Crippen molar-refractivity contribution in [2.24, 2.45) is 0 Å². The maximum Gasteiger partial charge on any atom is 0.344 e. The summed E-state index contributed by atoms with van der Waals surface area (Å²) in [5, 5.41) is 2.78. The first kappa shape index (κ1) is 20.0. The number of nitrogens with one attached hydrogen (secondary N) is 1. The van der Waals surface area contributed by atoms with Crippen molar-refractivity contribution in [3.05, 3.63) is 52.5 Å². The summed E-state index contributed by atoms with van der Waals surface area (Å²) < 4.78 is 22.1. The Bertz CT molecular complexity index is 856. The van der Waals surface area contributed by atoms with Gasteiger partial charge in [-0.25, -0.2) is 4.79 Å². The first-order valence-electron chi connectivity index (χ1n) is 8.74. The van der Waals surface area contributed by atoms with E-state index in [1.807, 2.05) is 31.2 Å². The molecule has 2 aromatic carbocycles. The molecule has 2 aromatic rings. The number of hydrogen-bond acceptors (Lipinski definition) is 6. The smallest absolute Gasteiger partial charge is 0.344 e. The number of amides is 1. The molecule has 0 fully saturated rings. The van der Waals surface area contributed by atoms with Gasteiger partial charge >= 0.3 is 5.97 Å². The van der Waals surface area contributed by atoms with Gasteiger partial charge in [0, 0.05) is 4.47 Å². The number of rotatable bonds is 7. The van der Waals surface area contributed by atoms with Crippen molar-refractivity contribution in [2.45, 2.75) is 13.0 Å². The molecule has 1 aliphatic heterocycles. The van der Waals surface area contributed by atoms with Crippen LogP contribution in [0.25, 0.3) is 0 Å². The lowest BCUT2D eigenvalue weighted by molar-refractivity contribution is -0.150. The number of carbonyl (C=O) groups is 2. The van der Waals surface area contributed by atoms with Crippen molar-refractivity contribution in [1.29, 1.82) is 0 Å². The fourth-order valence-electron chi connectivity index (χ4n) is 2.58. The summed E-state index contributed by atoms with van der Waals surface area (Å²) >= 11 is 3.32. The molecule has 1 amide bonds. The minimum Gasteiger partial charge on any atom is -0.486 e. The van der Waals surface area contributed by atoms with Crippen LogP contribution in [0.2, 0.25) is 0 Å². The average molecular weight is 450 g/mol. The summed E-state index contributed by atoms with van der Waals surface area (Å²) in [6.07, 6.45) is 0. The van der Waals surface area contributed by atoms with Gasteiger partial charge in [0.25, 0.3) is 5.91 Å².